The molecular weight excluding hydrogens is 258 g/mol. The molecule has 4 heteroatoms. The Morgan fingerprint density at radius 2 is 1.95 bits per heavy atom. The molecule has 0 aliphatic carbocycles. The predicted octanol–water partition coefficient (Wildman–Crippen LogP) is 3.77. The van der Waals surface area contributed by atoms with Gasteiger partial charge < -0.3 is 4.90 Å². The maximum absolute atomic E-state index is 6.06. The van der Waals surface area contributed by atoms with E-state index in [1.54, 1.807) is 0 Å². The minimum atomic E-state index is 0.333. The lowest BCUT2D eigenvalue weighted by Crippen LogP contribution is -2.39. The number of para-hydroxylation sites is 1. The fraction of sp³-hybridized carbons (Fsp3) is 0.467. The summed E-state index contributed by atoms with van der Waals surface area (Å²) < 4.78 is 0. The summed E-state index contributed by atoms with van der Waals surface area (Å²) >= 11 is 6.06. The second-order valence-electron chi connectivity index (χ2n) is 5.52. The summed E-state index contributed by atoms with van der Waals surface area (Å²) in [4.78, 5) is 11.1. The fourth-order valence-corrected chi connectivity index (χ4v) is 2.90. The zero-order valence-electron chi connectivity index (χ0n) is 11.3. The predicted molar refractivity (Wildman–Crippen MR) is 79.7 cm³/mol. The zero-order chi connectivity index (χ0) is 13.4. The van der Waals surface area contributed by atoms with Crippen LogP contribution in [0.25, 0.3) is 10.9 Å². The highest BCUT2D eigenvalue weighted by molar-refractivity contribution is 6.28. The topological polar surface area (TPSA) is 29.0 Å². The van der Waals surface area contributed by atoms with Crippen LogP contribution in [-0.4, -0.2) is 23.1 Å². The number of benzene rings is 1. The third-order valence-corrected chi connectivity index (χ3v) is 4.36. The molecule has 0 bridgehead atoms. The van der Waals surface area contributed by atoms with Gasteiger partial charge >= 0.3 is 0 Å². The Kier molecular flexibility index (Phi) is 3.31. The van der Waals surface area contributed by atoms with Gasteiger partial charge in [0.15, 0.2) is 0 Å². The van der Waals surface area contributed by atoms with E-state index in [-0.39, 0.29) is 0 Å². The Morgan fingerprint density at radius 1 is 1.16 bits per heavy atom. The molecule has 1 saturated heterocycles. The van der Waals surface area contributed by atoms with E-state index in [0.717, 1.165) is 35.7 Å². The quantitative estimate of drug-likeness (QED) is 0.742. The average Bonchev–Trinajstić information content (AvgIpc) is 2.41. The summed E-state index contributed by atoms with van der Waals surface area (Å²) in [6.07, 6.45) is 1.21. The normalized spacial score (nSPS) is 23.8. The van der Waals surface area contributed by atoms with E-state index in [1.807, 2.05) is 18.2 Å². The van der Waals surface area contributed by atoms with Crippen LogP contribution in [-0.2, 0) is 0 Å². The molecule has 19 heavy (non-hydrogen) atoms. The van der Waals surface area contributed by atoms with Gasteiger partial charge in [-0.2, -0.15) is 4.98 Å². The fourth-order valence-electron chi connectivity index (χ4n) is 2.73. The van der Waals surface area contributed by atoms with Gasteiger partial charge in [0.2, 0.25) is 5.28 Å². The standard InChI is InChI=1S/C15H18ClN3/c1-10-7-8-19(9-11(10)2)14-12-5-3-4-6-13(12)17-15(16)18-14/h3-6,10-11H,7-9H2,1-2H3. The highest BCUT2D eigenvalue weighted by Crippen LogP contribution is 2.30. The number of rotatable bonds is 1. The van der Waals surface area contributed by atoms with E-state index < -0.39 is 0 Å². The Balaban J connectivity index is 2.05. The molecule has 2 aromatic rings. The smallest absolute Gasteiger partial charge is 0.224 e. The summed E-state index contributed by atoms with van der Waals surface area (Å²) in [5.74, 6) is 2.44. The van der Waals surface area contributed by atoms with Crippen LogP contribution >= 0.6 is 11.6 Å². The van der Waals surface area contributed by atoms with Crippen molar-refractivity contribution in [2.75, 3.05) is 18.0 Å². The number of nitrogens with zero attached hydrogens (tertiary/aromatic N) is 3. The number of hydrogen-bond donors (Lipinski definition) is 0. The molecule has 1 fully saturated rings. The first kappa shape index (κ1) is 12.7. The molecular formula is C15H18ClN3. The van der Waals surface area contributed by atoms with Crippen molar-refractivity contribution in [3.05, 3.63) is 29.5 Å². The van der Waals surface area contributed by atoms with Crippen molar-refractivity contribution in [3.8, 4) is 0 Å². The van der Waals surface area contributed by atoms with Crippen LogP contribution in [0.4, 0.5) is 5.82 Å². The van der Waals surface area contributed by atoms with Gasteiger partial charge in [-0.25, -0.2) is 4.98 Å². The number of hydrogen-bond acceptors (Lipinski definition) is 3. The Bertz CT molecular complexity index is 599. The molecule has 0 saturated carbocycles. The monoisotopic (exact) mass is 275 g/mol. The van der Waals surface area contributed by atoms with Gasteiger partial charge in [-0.1, -0.05) is 26.0 Å². The Morgan fingerprint density at radius 3 is 2.74 bits per heavy atom. The highest BCUT2D eigenvalue weighted by atomic mass is 35.5. The van der Waals surface area contributed by atoms with Crippen LogP contribution in [0.1, 0.15) is 20.3 Å². The van der Waals surface area contributed by atoms with E-state index in [2.05, 4.69) is 34.8 Å². The average molecular weight is 276 g/mol. The molecule has 0 spiro atoms. The van der Waals surface area contributed by atoms with Gasteiger partial charge in [0.25, 0.3) is 0 Å². The Hall–Kier alpha value is -1.35. The molecule has 0 amide bonds. The van der Waals surface area contributed by atoms with Crippen molar-refractivity contribution in [2.24, 2.45) is 11.8 Å². The molecule has 1 aromatic heterocycles. The van der Waals surface area contributed by atoms with Crippen molar-refractivity contribution in [1.82, 2.24) is 9.97 Å². The lowest BCUT2D eigenvalue weighted by Gasteiger charge is -2.36. The summed E-state index contributed by atoms with van der Waals surface area (Å²) in [5, 5.41) is 1.42. The van der Waals surface area contributed by atoms with Crippen molar-refractivity contribution in [3.63, 3.8) is 0 Å². The summed E-state index contributed by atoms with van der Waals surface area (Å²) in [6.45, 7) is 6.72. The first-order chi connectivity index (χ1) is 9.15. The van der Waals surface area contributed by atoms with Crippen molar-refractivity contribution in [2.45, 2.75) is 20.3 Å². The van der Waals surface area contributed by atoms with Crippen LogP contribution in [0.5, 0.6) is 0 Å². The van der Waals surface area contributed by atoms with Gasteiger partial charge in [-0.05, 0) is 42.0 Å². The molecule has 0 N–H and O–H groups in total. The van der Waals surface area contributed by atoms with Crippen LogP contribution in [0.2, 0.25) is 5.28 Å². The van der Waals surface area contributed by atoms with E-state index in [9.17, 15) is 0 Å². The van der Waals surface area contributed by atoms with Crippen LogP contribution in [0, 0.1) is 11.8 Å². The van der Waals surface area contributed by atoms with Crippen LogP contribution in [0.15, 0.2) is 24.3 Å². The van der Waals surface area contributed by atoms with E-state index in [0.29, 0.717) is 11.2 Å². The maximum Gasteiger partial charge on any atom is 0.224 e. The molecule has 3 rings (SSSR count). The minimum absolute atomic E-state index is 0.333. The summed E-state index contributed by atoms with van der Waals surface area (Å²) in [6, 6.07) is 8.07. The number of aromatic nitrogens is 2. The first-order valence-corrected chi connectivity index (χ1v) is 7.20. The Labute approximate surface area is 118 Å². The number of anilines is 1. The van der Waals surface area contributed by atoms with E-state index in [4.69, 9.17) is 11.6 Å². The molecule has 0 radical (unpaired) electrons. The van der Waals surface area contributed by atoms with E-state index >= 15 is 0 Å². The minimum Gasteiger partial charge on any atom is -0.356 e. The third-order valence-electron chi connectivity index (χ3n) is 4.19. The van der Waals surface area contributed by atoms with Crippen molar-refractivity contribution < 1.29 is 0 Å². The van der Waals surface area contributed by atoms with Gasteiger partial charge in [0.05, 0.1) is 5.52 Å². The molecule has 100 valence electrons. The zero-order valence-corrected chi connectivity index (χ0v) is 12.1. The molecule has 2 heterocycles. The van der Waals surface area contributed by atoms with Gasteiger partial charge in [-0.3, -0.25) is 0 Å². The molecule has 1 aromatic carbocycles. The maximum atomic E-state index is 6.06. The molecule has 1 aliphatic rings. The van der Waals surface area contributed by atoms with Crippen LogP contribution in [0.3, 0.4) is 0 Å². The summed E-state index contributed by atoms with van der Waals surface area (Å²) in [5.41, 5.74) is 0.920. The highest BCUT2D eigenvalue weighted by Gasteiger charge is 2.25. The molecule has 3 nitrogen and oxygen atoms in total. The van der Waals surface area contributed by atoms with Gasteiger partial charge in [0.1, 0.15) is 5.82 Å². The van der Waals surface area contributed by atoms with Gasteiger partial charge in [-0.15, -0.1) is 0 Å². The van der Waals surface area contributed by atoms with Crippen molar-refractivity contribution in [1.29, 1.82) is 0 Å². The van der Waals surface area contributed by atoms with E-state index in [1.165, 1.54) is 6.42 Å². The lowest BCUT2D eigenvalue weighted by molar-refractivity contribution is 0.323. The first-order valence-electron chi connectivity index (χ1n) is 6.82. The van der Waals surface area contributed by atoms with Gasteiger partial charge in [0, 0.05) is 18.5 Å². The summed E-state index contributed by atoms with van der Waals surface area (Å²) in [7, 11) is 0. The lowest BCUT2D eigenvalue weighted by atomic mass is 9.88. The third kappa shape index (κ3) is 2.39. The SMILES string of the molecule is CC1CCN(c2nc(Cl)nc3ccccc23)CC1C. The second kappa shape index (κ2) is 4.97. The van der Waals surface area contributed by atoms with Crippen molar-refractivity contribution >= 4 is 28.3 Å². The molecule has 2 unspecified atom stereocenters. The number of halogens is 1. The number of piperidine rings is 1. The molecule has 2 atom stereocenters. The number of fused-ring (bicyclic) bond motifs is 1. The molecule has 1 aliphatic heterocycles. The largest absolute Gasteiger partial charge is 0.356 e. The second-order valence-corrected chi connectivity index (χ2v) is 5.86. The van der Waals surface area contributed by atoms with Crippen LogP contribution < -0.4 is 4.90 Å².